The first-order valence-corrected chi connectivity index (χ1v) is 16.7. The molecule has 5 aromatic rings. The number of anilines is 4. The van der Waals surface area contributed by atoms with Crippen LogP contribution in [0.3, 0.4) is 0 Å². The minimum absolute atomic E-state index is 0.00796. The van der Waals surface area contributed by atoms with Gasteiger partial charge in [-0.15, -0.1) is 0 Å². The van der Waals surface area contributed by atoms with Crippen molar-refractivity contribution >= 4 is 85.4 Å². The van der Waals surface area contributed by atoms with Crippen LogP contribution in [0.1, 0.15) is 37.4 Å². The fourth-order valence-corrected chi connectivity index (χ4v) is 6.22. The van der Waals surface area contributed by atoms with Crippen LogP contribution >= 0.6 is 24.4 Å². The lowest BCUT2D eigenvalue weighted by Gasteiger charge is -2.24. The van der Waals surface area contributed by atoms with Gasteiger partial charge in [0, 0.05) is 71.5 Å². The number of nitrogens with zero attached hydrogens (tertiary/aromatic N) is 2. The number of non-ortho nitro benzene ring substituents is 1. The van der Waals surface area contributed by atoms with Crippen LogP contribution in [0.15, 0.2) is 97.1 Å². The monoisotopic (exact) mass is 714 g/mol. The molecule has 0 atom stereocenters. The molecule has 254 valence electrons. The summed E-state index contributed by atoms with van der Waals surface area (Å²) in [4.78, 5) is 38.7. The van der Waals surface area contributed by atoms with Gasteiger partial charge in [0.25, 0.3) is 5.69 Å². The van der Waals surface area contributed by atoms with Gasteiger partial charge in [-0.1, -0.05) is 42.5 Å². The number of hydrogen-bond donors (Lipinski definition) is 6. The highest BCUT2D eigenvalue weighted by atomic mass is 32.1. The third kappa shape index (κ3) is 7.59. The van der Waals surface area contributed by atoms with Crippen molar-refractivity contribution in [1.29, 1.82) is 5.26 Å². The molecule has 0 aromatic heterocycles. The van der Waals surface area contributed by atoms with E-state index < -0.39 is 4.92 Å². The van der Waals surface area contributed by atoms with E-state index in [9.17, 15) is 19.7 Å². The summed E-state index contributed by atoms with van der Waals surface area (Å²) in [5.74, 6) is -0.511. The lowest BCUT2D eigenvalue weighted by atomic mass is 9.82. The van der Waals surface area contributed by atoms with E-state index in [1.165, 1.54) is 6.07 Å². The topological polar surface area (TPSA) is 173 Å². The Morgan fingerprint density at radius 2 is 1.16 bits per heavy atom. The predicted octanol–water partition coefficient (Wildman–Crippen LogP) is 6.19. The molecule has 6 N–H and O–H groups in total. The molecule has 5 aromatic carbocycles. The largest absolute Gasteiger partial charge is 0.383 e. The van der Waals surface area contributed by atoms with Crippen LogP contribution in [0, 0.1) is 21.4 Å². The van der Waals surface area contributed by atoms with Crippen molar-refractivity contribution in [1.82, 2.24) is 10.6 Å². The van der Waals surface area contributed by atoms with Crippen LogP contribution in [0.4, 0.5) is 28.4 Å². The van der Waals surface area contributed by atoms with Crippen LogP contribution in [-0.2, 0) is 0 Å². The maximum absolute atomic E-state index is 13.8. The van der Waals surface area contributed by atoms with E-state index in [1.54, 1.807) is 91.0 Å². The Hall–Kier alpha value is -6.43. The summed E-state index contributed by atoms with van der Waals surface area (Å²) in [6.45, 7) is 1.55. The number of nitrogens with one attached hydrogen (secondary N) is 6. The minimum Gasteiger partial charge on any atom is -0.383 e. The second kappa shape index (κ2) is 15.4. The quantitative estimate of drug-likeness (QED) is 0.0389. The standard InChI is InChI=1S/C37H30N8O4S2/c38-21-22-9-11-23(12-10-22)43-36(50)41-19-17-39-29-13-14-30(33-32(29)34(46)26-7-3-4-8-27(26)35(33)47)40-18-20-42-37(51)44-28-15-16-31(45(48)49)25-6-2-1-5-24(25)28/h1-16,39-40H,17-20H2,(H2,41,43,50)(H2,42,44,51). The van der Waals surface area contributed by atoms with Gasteiger partial charge in [-0.05, 0) is 73.0 Å². The number of fused-ring (bicyclic) bond motifs is 3. The van der Waals surface area contributed by atoms with Gasteiger partial charge in [0.15, 0.2) is 21.8 Å². The summed E-state index contributed by atoms with van der Waals surface area (Å²) in [5, 5.41) is 41.3. The number of thiocarbonyl (C=S) groups is 2. The number of nitriles is 1. The molecule has 0 saturated carbocycles. The van der Waals surface area contributed by atoms with Crippen molar-refractivity contribution in [3.63, 3.8) is 0 Å². The zero-order valence-electron chi connectivity index (χ0n) is 26.9. The summed E-state index contributed by atoms with van der Waals surface area (Å²) in [6.07, 6.45) is 0. The molecule has 0 bridgehead atoms. The molecule has 0 aliphatic heterocycles. The maximum atomic E-state index is 13.8. The lowest BCUT2D eigenvalue weighted by molar-refractivity contribution is -0.383. The Balaban J connectivity index is 1.10. The van der Waals surface area contributed by atoms with Crippen LogP contribution in [-0.4, -0.2) is 52.9 Å². The van der Waals surface area contributed by atoms with Gasteiger partial charge in [-0.25, -0.2) is 0 Å². The number of benzene rings is 5. The number of hydrogen-bond acceptors (Lipinski definition) is 9. The van der Waals surface area contributed by atoms with E-state index >= 15 is 0 Å². The van der Waals surface area contributed by atoms with Crippen molar-refractivity contribution < 1.29 is 14.5 Å². The van der Waals surface area contributed by atoms with Crippen molar-refractivity contribution in [2.24, 2.45) is 0 Å². The lowest BCUT2D eigenvalue weighted by Crippen LogP contribution is -2.33. The third-order valence-corrected chi connectivity index (χ3v) is 8.64. The summed E-state index contributed by atoms with van der Waals surface area (Å²) >= 11 is 10.9. The number of rotatable bonds is 11. The second-order valence-electron chi connectivity index (χ2n) is 11.4. The highest BCUT2D eigenvalue weighted by Gasteiger charge is 2.33. The van der Waals surface area contributed by atoms with E-state index in [-0.39, 0.29) is 28.4 Å². The number of carbonyl (C=O) groups excluding carboxylic acids is 2. The van der Waals surface area contributed by atoms with Gasteiger partial charge in [0.05, 0.1) is 33.1 Å². The van der Waals surface area contributed by atoms with Crippen molar-refractivity contribution in [2.45, 2.75) is 0 Å². The van der Waals surface area contributed by atoms with Crippen LogP contribution < -0.4 is 31.9 Å². The Bertz CT molecular complexity index is 2250. The van der Waals surface area contributed by atoms with Gasteiger partial charge >= 0.3 is 0 Å². The molecule has 6 rings (SSSR count). The number of nitro benzene ring substituents is 1. The van der Waals surface area contributed by atoms with Crippen LogP contribution in [0.2, 0.25) is 0 Å². The van der Waals surface area contributed by atoms with Gasteiger partial charge in [0.2, 0.25) is 0 Å². The van der Waals surface area contributed by atoms with Gasteiger partial charge < -0.3 is 31.9 Å². The Kier molecular flexibility index (Phi) is 10.4. The molecule has 0 amide bonds. The van der Waals surface area contributed by atoms with E-state index in [0.717, 1.165) is 5.69 Å². The summed E-state index contributed by atoms with van der Waals surface area (Å²) < 4.78 is 0. The average Bonchev–Trinajstić information content (AvgIpc) is 3.14. The second-order valence-corrected chi connectivity index (χ2v) is 12.2. The van der Waals surface area contributed by atoms with Gasteiger partial charge in [-0.2, -0.15) is 5.26 Å². The predicted molar refractivity (Wildman–Crippen MR) is 207 cm³/mol. The minimum atomic E-state index is -0.417. The molecule has 1 aliphatic carbocycles. The normalized spacial score (nSPS) is 11.4. The SMILES string of the molecule is N#Cc1ccc(NC(=S)NCCNc2ccc(NCCNC(=S)Nc3ccc([N+](=O)[O-])c4ccccc34)c3c2C(=O)c2ccccc2C3=O)cc1. The molecule has 12 nitrogen and oxygen atoms in total. The van der Waals surface area contributed by atoms with Crippen LogP contribution in [0.5, 0.6) is 0 Å². The molecule has 0 unspecified atom stereocenters. The average molecular weight is 715 g/mol. The van der Waals surface area contributed by atoms with E-state index in [1.807, 2.05) is 0 Å². The Morgan fingerprint density at radius 3 is 1.71 bits per heavy atom. The first kappa shape index (κ1) is 34.4. The Labute approximate surface area is 303 Å². The molecule has 0 radical (unpaired) electrons. The first-order chi connectivity index (χ1) is 24.7. The maximum Gasteiger partial charge on any atom is 0.277 e. The zero-order chi connectivity index (χ0) is 35.9. The zero-order valence-corrected chi connectivity index (χ0v) is 28.5. The molecular weight excluding hydrogens is 685 g/mol. The molecule has 0 fully saturated rings. The number of ketones is 2. The molecule has 0 spiro atoms. The molecule has 14 heteroatoms. The Morgan fingerprint density at radius 1 is 0.647 bits per heavy atom. The molecule has 1 aliphatic rings. The smallest absolute Gasteiger partial charge is 0.277 e. The summed E-state index contributed by atoms with van der Waals surface area (Å²) in [7, 11) is 0. The van der Waals surface area contributed by atoms with Gasteiger partial charge in [0.1, 0.15) is 0 Å². The molecule has 51 heavy (non-hydrogen) atoms. The van der Waals surface area contributed by atoms with E-state index in [4.69, 9.17) is 29.7 Å². The highest BCUT2D eigenvalue weighted by molar-refractivity contribution is 7.80. The fraction of sp³-hybridized carbons (Fsp3) is 0.108. The van der Waals surface area contributed by atoms with E-state index in [0.29, 0.717) is 80.9 Å². The van der Waals surface area contributed by atoms with Crippen molar-refractivity contribution in [2.75, 3.05) is 47.4 Å². The summed E-state index contributed by atoms with van der Waals surface area (Å²) in [6, 6.07) is 29.4. The summed E-state index contributed by atoms with van der Waals surface area (Å²) in [5.41, 5.74) is 4.22. The van der Waals surface area contributed by atoms with Gasteiger partial charge in [-0.3, -0.25) is 19.7 Å². The molecular formula is C37H30N8O4S2. The molecule has 0 saturated heterocycles. The first-order valence-electron chi connectivity index (χ1n) is 15.8. The third-order valence-electron chi connectivity index (χ3n) is 8.15. The van der Waals surface area contributed by atoms with E-state index in [2.05, 4.69) is 38.0 Å². The fourth-order valence-electron chi connectivity index (χ4n) is 5.79. The van der Waals surface area contributed by atoms with Crippen molar-refractivity contribution in [3.05, 3.63) is 135 Å². The number of nitro groups is 1. The number of carbonyl (C=O) groups is 2. The highest BCUT2D eigenvalue weighted by Crippen LogP contribution is 2.36. The van der Waals surface area contributed by atoms with Crippen molar-refractivity contribution in [3.8, 4) is 6.07 Å². The van der Waals surface area contributed by atoms with Crippen LogP contribution in [0.25, 0.3) is 10.8 Å². The molecule has 0 heterocycles.